The first kappa shape index (κ1) is 17.1. The van der Waals surface area contributed by atoms with E-state index in [2.05, 4.69) is 10.6 Å². The molecular weight excluding hydrogens is 322 g/mol. The summed E-state index contributed by atoms with van der Waals surface area (Å²) in [5, 5.41) is 5.77. The molecule has 1 aromatic rings. The molecule has 5 nitrogen and oxygen atoms in total. The van der Waals surface area contributed by atoms with Crippen LogP contribution >= 0.6 is 24.2 Å². The van der Waals surface area contributed by atoms with Crippen molar-refractivity contribution in [3.8, 4) is 0 Å². The molecular formula is C15H20ClN3O2S. The Morgan fingerprint density at radius 2 is 2.18 bits per heavy atom. The van der Waals surface area contributed by atoms with Crippen molar-refractivity contribution >= 4 is 47.4 Å². The number of hydrogen-bond acceptors (Lipinski definition) is 4. The number of carbonyl (C=O) groups excluding carboxylic acids is 2. The van der Waals surface area contributed by atoms with Gasteiger partial charge in [-0.3, -0.25) is 9.59 Å². The van der Waals surface area contributed by atoms with Crippen LogP contribution in [0.25, 0.3) is 0 Å². The number of fused-ring (bicyclic) bond motifs is 1. The van der Waals surface area contributed by atoms with Crippen LogP contribution < -0.4 is 16.4 Å². The lowest BCUT2D eigenvalue weighted by atomic mass is 9.85. The zero-order valence-electron chi connectivity index (χ0n) is 12.1. The van der Waals surface area contributed by atoms with E-state index >= 15 is 0 Å². The minimum absolute atomic E-state index is 0. The molecule has 4 N–H and O–H groups in total. The van der Waals surface area contributed by atoms with Crippen LogP contribution in [0.3, 0.4) is 0 Å². The molecule has 2 aliphatic rings. The fourth-order valence-corrected chi connectivity index (χ4v) is 3.66. The van der Waals surface area contributed by atoms with Crippen LogP contribution in [-0.4, -0.2) is 23.6 Å². The first-order chi connectivity index (χ1) is 10.1. The van der Waals surface area contributed by atoms with Crippen LogP contribution in [0.1, 0.15) is 25.7 Å². The summed E-state index contributed by atoms with van der Waals surface area (Å²) in [5.74, 6) is 0.460. The van der Waals surface area contributed by atoms with Gasteiger partial charge in [0.25, 0.3) is 0 Å². The van der Waals surface area contributed by atoms with Crippen molar-refractivity contribution in [3.63, 3.8) is 0 Å². The van der Waals surface area contributed by atoms with Crippen LogP contribution in [0, 0.1) is 5.92 Å². The van der Waals surface area contributed by atoms with Gasteiger partial charge >= 0.3 is 0 Å². The van der Waals surface area contributed by atoms with Crippen molar-refractivity contribution in [1.29, 1.82) is 0 Å². The second-order valence-corrected chi connectivity index (χ2v) is 6.68. The first-order valence-corrected chi connectivity index (χ1v) is 8.23. The fraction of sp³-hybridized carbons (Fsp3) is 0.467. The average molecular weight is 342 g/mol. The van der Waals surface area contributed by atoms with Gasteiger partial charge in [0.05, 0.1) is 11.4 Å². The number of carbonyl (C=O) groups is 2. The summed E-state index contributed by atoms with van der Waals surface area (Å²) in [6, 6.07) is 5.76. The number of hydrogen-bond donors (Lipinski definition) is 3. The van der Waals surface area contributed by atoms with E-state index < -0.39 is 0 Å². The lowest BCUT2D eigenvalue weighted by Crippen LogP contribution is -2.34. The topological polar surface area (TPSA) is 84.2 Å². The summed E-state index contributed by atoms with van der Waals surface area (Å²) in [6.45, 7) is 0. The van der Waals surface area contributed by atoms with E-state index in [9.17, 15) is 9.59 Å². The van der Waals surface area contributed by atoms with Crippen molar-refractivity contribution in [1.82, 2.24) is 0 Å². The zero-order chi connectivity index (χ0) is 14.8. The Labute approximate surface area is 140 Å². The van der Waals surface area contributed by atoms with Crippen LogP contribution in [0.2, 0.25) is 0 Å². The minimum atomic E-state index is -0.00579. The highest BCUT2D eigenvalue weighted by Crippen LogP contribution is 2.33. The van der Waals surface area contributed by atoms with Gasteiger partial charge in [0.15, 0.2) is 0 Å². The van der Waals surface area contributed by atoms with Crippen molar-refractivity contribution < 1.29 is 9.59 Å². The quantitative estimate of drug-likeness (QED) is 0.772. The maximum Gasteiger partial charge on any atom is 0.234 e. The van der Waals surface area contributed by atoms with Crippen LogP contribution in [0.5, 0.6) is 0 Å². The molecule has 120 valence electrons. The largest absolute Gasteiger partial charge is 0.328 e. The summed E-state index contributed by atoms with van der Waals surface area (Å²) < 4.78 is 0. The van der Waals surface area contributed by atoms with Gasteiger partial charge in [-0.05, 0) is 37.5 Å². The number of nitrogens with one attached hydrogen (secondary N) is 2. The standard InChI is InChI=1S/C15H19N3O2S.ClH/c16-10-3-1-2-9(6-10)15(20)17-11-4-5-13-12(7-11)18-14(19)8-21-13;/h4-5,7,9-10H,1-3,6,8,16H2,(H,17,20)(H,18,19);1H. The third-order valence-corrected chi connectivity index (χ3v) is 5.04. The van der Waals surface area contributed by atoms with E-state index in [1.807, 2.05) is 18.2 Å². The Morgan fingerprint density at radius 3 is 2.95 bits per heavy atom. The van der Waals surface area contributed by atoms with Gasteiger partial charge in [-0.1, -0.05) is 6.42 Å². The van der Waals surface area contributed by atoms with Gasteiger partial charge in [0.1, 0.15) is 0 Å². The van der Waals surface area contributed by atoms with E-state index in [1.54, 1.807) is 0 Å². The number of thioether (sulfide) groups is 1. The van der Waals surface area contributed by atoms with Gasteiger partial charge in [-0.25, -0.2) is 0 Å². The highest BCUT2D eigenvalue weighted by molar-refractivity contribution is 8.00. The molecule has 2 atom stereocenters. The highest BCUT2D eigenvalue weighted by atomic mass is 35.5. The van der Waals surface area contributed by atoms with Gasteiger partial charge in [0, 0.05) is 22.5 Å². The predicted molar refractivity (Wildman–Crippen MR) is 91.6 cm³/mol. The zero-order valence-corrected chi connectivity index (χ0v) is 13.8. The average Bonchev–Trinajstić information content (AvgIpc) is 2.46. The molecule has 0 spiro atoms. The lowest BCUT2D eigenvalue weighted by Gasteiger charge is -2.26. The molecule has 3 rings (SSSR count). The Hall–Kier alpha value is -1.24. The van der Waals surface area contributed by atoms with Crippen LogP contribution in [0.15, 0.2) is 23.1 Å². The van der Waals surface area contributed by atoms with E-state index in [-0.39, 0.29) is 36.2 Å². The predicted octanol–water partition coefficient (Wildman–Crippen LogP) is 2.61. The van der Waals surface area contributed by atoms with Crippen molar-refractivity contribution in [2.75, 3.05) is 16.4 Å². The third kappa shape index (κ3) is 3.94. The molecule has 0 aromatic heterocycles. The molecule has 0 saturated heterocycles. The Balaban J connectivity index is 0.00000176. The molecule has 0 radical (unpaired) electrons. The summed E-state index contributed by atoms with van der Waals surface area (Å²) >= 11 is 1.51. The van der Waals surface area contributed by atoms with Crippen LogP contribution in [-0.2, 0) is 9.59 Å². The molecule has 1 saturated carbocycles. The number of nitrogens with two attached hydrogens (primary N) is 1. The number of halogens is 1. The smallest absolute Gasteiger partial charge is 0.234 e. The number of rotatable bonds is 2. The molecule has 2 amide bonds. The fourth-order valence-electron chi connectivity index (χ4n) is 2.87. The maximum absolute atomic E-state index is 12.3. The summed E-state index contributed by atoms with van der Waals surface area (Å²) in [6.07, 6.45) is 3.67. The second-order valence-electron chi connectivity index (χ2n) is 5.66. The Morgan fingerprint density at radius 1 is 1.36 bits per heavy atom. The molecule has 1 aromatic carbocycles. The van der Waals surface area contributed by atoms with Gasteiger partial charge < -0.3 is 16.4 Å². The summed E-state index contributed by atoms with van der Waals surface area (Å²) in [4.78, 5) is 24.7. The molecule has 1 aliphatic heterocycles. The Kier molecular flexibility index (Phi) is 5.72. The maximum atomic E-state index is 12.3. The third-order valence-electron chi connectivity index (χ3n) is 3.97. The Bertz CT molecular complexity index is 582. The molecule has 2 unspecified atom stereocenters. The number of amides is 2. The minimum Gasteiger partial charge on any atom is -0.328 e. The molecule has 1 fully saturated rings. The van der Waals surface area contributed by atoms with Gasteiger partial charge in [-0.15, -0.1) is 24.2 Å². The highest BCUT2D eigenvalue weighted by Gasteiger charge is 2.25. The van der Waals surface area contributed by atoms with Gasteiger partial charge in [-0.2, -0.15) is 0 Å². The summed E-state index contributed by atoms with van der Waals surface area (Å²) in [5.41, 5.74) is 7.43. The normalized spacial score (nSPS) is 23.8. The van der Waals surface area contributed by atoms with E-state index in [0.29, 0.717) is 5.75 Å². The molecule has 0 bridgehead atoms. The van der Waals surface area contributed by atoms with Crippen molar-refractivity contribution in [2.45, 2.75) is 36.6 Å². The van der Waals surface area contributed by atoms with E-state index in [0.717, 1.165) is 42.0 Å². The van der Waals surface area contributed by atoms with Crippen LogP contribution in [0.4, 0.5) is 11.4 Å². The lowest BCUT2D eigenvalue weighted by molar-refractivity contribution is -0.121. The van der Waals surface area contributed by atoms with E-state index in [4.69, 9.17) is 5.73 Å². The van der Waals surface area contributed by atoms with Gasteiger partial charge in [0.2, 0.25) is 11.8 Å². The monoisotopic (exact) mass is 341 g/mol. The summed E-state index contributed by atoms with van der Waals surface area (Å²) in [7, 11) is 0. The molecule has 7 heteroatoms. The SMILES string of the molecule is Cl.NC1CCCC(C(=O)Nc2ccc3c(c2)NC(=O)CS3)C1. The van der Waals surface area contributed by atoms with Crippen molar-refractivity contribution in [3.05, 3.63) is 18.2 Å². The first-order valence-electron chi connectivity index (χ1n) is 7.25. The number of benzene rings is 1. The molecule has 22 heavy (non-hydrogen) atoms. The number of anilines is 2. The van der Waals surface area contributed by atoms with E-state index in [1.165, 1.54) is 11.8 Å². The van der Waals surface area contributed by atoms with Crippen molar-refractivity contribution in [2.24, 2.45) is 11.7 Å². The molecule has 1 aliphatic carbocycles. The second kappa shape index (κ2) is 7.35. The molecule has 1 heterocycles.